The molecule has 282 valence electrons. The number of aromatic nitrogens is 2. The Morgan fingerprint density at radius 1 is 0.800 bits per heavy atom. The van der Waals surface area contributed by atoms with Crippen molar-refractivity contribution in [1.29, 1.82) is 0 Å². The van der Waals surface area contributed by atoms with Crippen LogP contribution in [0.2, 0.25) is 10.0 Å². The highest BCUT2D eigenvalue weighted by Gasteiger charge is 2.20. The zero-order chi connectivity index (χ0) is 37.4. The normalized spacial score (nSPS) is 13.1. The Morgan fingerprint density at radius 2 is 1.55 bits per heavy atom. The molecule has 12 heteroatoms. The first kappa shape index (κ1) is 39.4. The van der Waals surface area contributed by atoms with Crippen LogP contribution in [-0.2, 0) is 17.9 Å². The molecule has 0 saturated carbocycles. The third-order valence-electron chi connectivity index (χ3n) is 9.04. The van der Waals surface area contributed by atoms with Gasteiger partial charge in [0.2, 0.25) is 17.7 Å². The molecule has 0 N–H and O–H groups in total. The van der Waals surface area contributed by atoms with Crippen LogP contribution in [0.15, 0.2) is 115 Å². The Hall–Kier alpha value is -5.32. The second-order valence-electron chi connectivity index (χ2n) is 12.9. The van der Waals surface area contributed by atoms with Gasteiger partial charge in [0.1, 0.15) is 23.9 Å². The summed E-state index contributed by atoms with van der Waals surface area (Å²) in [6.07, 6.45) is 4.99. The molecule has 0 bridgehead atoms. The van der Waals surface area contributed by atoms with Crippen molar-refractivity contribution in [2.45, 2.75) is 20.1 Å². The van der Waals surface area contributed by atoms with E-state index in [1.54, 1.807) is 43.7 Å². The van der Waals surface area contributed by atoms with E-state index in [2.05, 4.69) is 27.0 Å². The van der Waals surface area contributed by atoms with E-state index in [-0.39, 0.29) is 18.3 Å². The highest BCUT2D eigenvalue weighted by atomic mass is 35.5. The van der Waals surface area contributed by atoms with E-state index in [0.29, 0.717) is 58.8 Å². The molecule has 0 spiro atoms. The van der Waals surface area contributed by atoms with E-state index in [1.807, 2.05) is 84.6 Å². The number of carbonyl (C=O) groups excluding carboxylic acids is 1. The molecule has 9 nitrogen and oxygen atoms in total. The van der Waals surface area contributed by atoms with Crippen LogP contribution >= 0.6 is 35.6 Å². The lowest BCUT2D eigenvalue weighted by molar-refractivity contribution is -0.127. The quantitative estimate of drug-likeness (QED) is 0.113. The Morgan fingerprint density at radius 3 is 2.27 bits per heavy atom. The molecular formula is C43H39Cl3N4O5. The lowest BCUT2D eigenvalue weighted by atomic mass is 10.1. The first-order chi connectivity index (χ1) is 26.3. The van der Waals surface area contributed by atoms with Gasteiger partial charge in [-0.3, -0.25) is 9.69 Å². The molecule has 4 aromatic carbocycles. The molecule has 1 aliphatic heterocycles. The third-order valence-corrected chi connectivity index (χ3v) is 9.69. The minimum Gasteiger partial charge on any atom is -0.497 e. The summed E-state index contributed by atoms with van der Waals surface area (Å²) in [5.41, 5.74) is 4.57. The number of ether oxygens (including phenoxy) is 4. The monoisotopic (exact) mass is 796 g/mol. The summed E-state index contributed by atoms with van der Waals surface area (Å²) in [6.45, 7) is 5.88. The van der Waals surface area contributed by atoms with E-state index in [0.717, 1.165) is 53.0 Å². The Balaban J connectivity index is 0.00000514. The molecule has 6 aromatic rings. The predicted octanol–water partition coefficient (Wildman–Crippen LogP) is 10.2. The lowest BCUT2D eigenvalue weighted by Gasteiger charge is -2.34. The van der Waals surface area contributed by atoms with Crippen LogP contribution in [0.1, 0.15) is 22.3 Å². The van der Waals surface area contributed by atoms with Crippen LogP contribution in [-0.4, -0.2) is 59.0 Å². The van der Waals surface area contributed by atoms with Crippen LogP contribution in [0.25, 0.3) is 17.0 Å². The van der Waals surface area contributed by atoms with Crippen LogP contribution in [0.3, 0.4) is 0 Å². The Bertz CT molecular complexity index is 2260. The number of pyridine rings is 2. The van der Waals surface area contributed by atoms with E-state index >= 15 is 0 Å². The van der Waals surface area contributed by atoms with Gasteiger partial charge in [-0.15, -0.1) is 12.4 Å². The Labute approximate surface area is 336 Å². The van der Waals surface area contributed by atoms with Crippen molar-refractivity contribution in [3.8, 4) is 34.8 Å². The van der Waals surface area contributed by atoms with Crippen molar-refractivity contribution < 1.29 is 23.7 Å². The van der Waals surface area contributed by atoms with E-state index in [4.69, 9.17) is 42.1 Å². The van der Waals surface area contributed by atoms with Gasteiger partial charge < -0.3 is 23.8 Å². The molecule has 1 saturated heterocycles. The largest absolute Gasteiger partial charge is 0.497 e. The fraction of sp³-hybridized carbons (Fsp3) is 0.186. The van der Waals surface area contributed by atoms with Crippen molar-refractivity contribution in [3.05, 3.63) is 148 Å². The van der Waals surface area contributed by atoms with Crippen molar-refractivity contribution in [2.75, 3.05) is 33.3 Å². The summed E-state index contributed by atoms with van der Waals surface area (Å²) in [4.78, 5) is 26.4. The van der Waals surface area contributed by atoms with Crippen LogP contribution < -0.4 is 18.9 Å². The number of methoxy groups -OCH3 is 1. The standard InChI is InChI=1S/C43H38Cl2N4O5.ClH/c1-29-23-30(25-38(45)43(29)54-40-17-14-36(26-46-40)52-28-33-5-3-4-6-37(33)44)8-18-42(50)49-21-19-48(20-22-49)27-31-7-15-39-32(24-31)9-16-41(47-39)53-35-12-10-34(51-2)11-13-35;/h3-18,23-26H,19-22,27-28H2,1-2H3;1H. The van der Waals surface area contributed by atoms with Crippen molar-refractivity contribution in [1.82, 2.24) is 19.8 Å². The minimum atomic E-state index is -0.0331. The summed E-state index contributed by atoms with van der Waals surface area (Å²) in [5.74, 6) is 3.44. The summed E-state index contributed by atoms with van der Waals surface area (Å²) < 4.78 is 23.0. The topological polar surface area (TPSA) is 86.3 Å². The molecule has 0 aliphatic carbocycles. The van der Waals surface area contributed by atoms with E-state index < -0.39 is 0 Å². The van der Waals surface area contributed by atoms with Gasteiger partial charge in [-0.1, -0.05) is 47.5 Å². The van der Waals surface area contributed by atoms with Gasteiger partial charge in [0, 0.05) is 66.9 Å². The zero-order valence-electron chi connectivity index (χ0n) is 30.3. The molecule has 1 amide bonds. The predicted molar refractivity (Wildman–Crippen MR) is 219 cm³/mol. The van der Waals surface area contributed by atoms with Gasteiger partial charge in [0.25, 0.3) is 0 Å². The van der Waals surface area contributed by atoms with Gasteiger partial charge in [-0.05, 0) is 96.4 Å². The van der Waals surface area contributed by atoms with Gasteiger partial charge >= 0.3 is 0 Å². The molecular weight excluding hydrogens is 759 g/mol. The molecule has 2 aromatic heterocycles. The highest BCUT2D eigenvalue weighted by molar-refractivity contribution is 6.32. The number of hydrogen-bond donors (Lipinski definition) is 0. The minimum absolute atomic E-state index is 0. The molecule has 0 unspecified atom stereocenters. The van der Waals surface area contributed by atoms with Crippen LogP contribution in [0, 0.1) is 6.92 Å². The number of carbonyl (C=O) groups is 1. The molecule has 0 radical (unpaired) electrons. The number of fused-ring (bicyclic) bond motifs is 1. The fourth-order valence-corrected chi connectivity index (χ4v) is 6.61. The van der Waals surface area contributed by atoms with Crippen molar-refractivity contribution in [2.24, 2.45) is 0 Å². The average molecular weight is 798 g/mol. The maximum absolute atomic E-state index is 13.1. The number of amides is 1. The number of benzene rings is 4. The number of hydrogen-bond acceptors (Lipinski definition) is 8. The number of aryl methyl sites for hydroxylation is 1. The smallest absolute Gasteiger partial charge is 0.246 e. The van der Waals surface area contributed by atoms with Gasteiger partial charge in [-0.25, -0.2) is 9.97 Å². The zero-order valence-corrected chi connectivity index (χ0v) is 32.6. The maximum Gasteiger partial charge on any atom is 0.246 e. The number of piperazine rings is 1. The van der Waals surface area contributed by atoms with Gasteiger partial charge in [-0.2, -0.15) is 0 Å². The summed E-state index contributed by atoms with van der Waals surface area (Å²) in [5, 5.41) is 2.12. The SMILES string of the molecule is COc1ccc(Oc2ccc3cc(CN4CCN(C(=O)C=Cc5cc(C)c(Oc6ccc(OCc7ccccc7Cl)cn6)c(Cl)c5)CC4)ccc3n2)cc1.Cl. The second-order valence-corrected chi connectivity index (χ2v) is 13.7. The van der Waals surface area contributed by atoms with Gasteiger partial charge in [0.15, 0.2) is 5.75 Å². The maximum atomic E-state index is 13.1. The summed E-state index contributed by atoms with van der Waals surface area (Å²) >= 11 is 12.9. The van der Waals surface area contributed by atoms with Crippen LogP contribution in [0.5, 0.6) is 34.8 Å². The first-order valence-corrected chi connectivity index (χ1v) is 18.3. The van der Waals surface area contributed by atoms with Crippen molar-refractivity contribution in [3.63, 3.8) is 0 Å². The molecule has 55 heavy (non-hydrogen) atoms. The van der Waals surface area contributed by atoms with Gasteiger partial charge in [0.05, 0.1) is 23.8 Å². The highest BCUT2D eigenvalue weighted by Crippen LogP contribution is 2.34. The average Bonchev–Trinajstić information content (AvgIpc) is 3.19. The lowest BCUT2D eigenvalue weighted by Crippen LogP contribution is -2.47. The van der Waals surface area contributed by atoms with E-state index in [1.165, 1.54) is 5.56 Å². The first-order valence-electron chi connectivity index (χ1n) is 17.5. The van der Waals surface area contributed by atoms with Crippen LogP contribution in [0.4, 0.5) is 0 Å². The number of halogens is 3. The number of nitrogens with zero attached hydrogens (tertiary/aromatic N) is 4. The van der Waals surface area contributed by atoms with E-state index in [9.17, 15) is 4.79 Å². The Kier molecular flexibility index (Phi) is 13.1. The third kappa shape index (κ3) is 10.3. The summed E-state index contributed by atoms with van der Waals surface area (Å²) in [7, 11) is 1.63. The molecule has 0 atom stereocenters. The molecule has 3 heterocycles. The molecule has 1 aliphatic rings. The molecule has 7 rings (SSSR count). The number of rotatable bonds is 12. The molecule has 1 fully saturated rings. The fourth-order valence-electron chi connectivity index (χ4n) is 6.11. The van der Waals surface area contributed by atoms with Crippen molar-refractivity contribution >= 4 is 58.5 Å². The second kappa shape index (κ2) is 18.3. The summed E-state index contributed by atoms with van der Waals surface area (Å²) in [6, 6.07) is 32.3.